The van der Waals surface area contributed by atoms with Gasteiger partial charge in [-0.05, 0) is 37.0 Å². The maximum Gasteiger partial charge on any atom is 0.240 e. The number of hydrogen-bond donors (Lipinski definition) is 2. The zero-order valence-electron chi connectivity index (χ0n) is 10.1. The van der Waals surface area contributed by atoms with Crippen molar-refractivity contribution < 1.29 is 14.3 Å². The van der Waals surface area contributed by atoms with Gasteiger partial charge in [-0.1, -0.05) is 6.07 Å². The van der Waals surface area contributed by atoms with E-state index in [1.807, 2.05) is 18.2 Å². The van der Waals surface area contributed by atoms with Crippen LogP contribution in [0.25, 0.3) is 0 Å². The number of amides is 1. The molecule has 1 aliphatic carbocycles. The van der Waals surface area contributed by atoms with E-state index >= 15 is 0 Å². The van der Waals surface area contributed by atoms with E-state index in [0.717, 1.165) is 36.3 Å². The topological polar surface area (TPSA) is 73.6 Å². The molecule has 0 unspecified atom stereocenters. The predicted molar refractivity (Wildman–Crippen MR) is 65.4 cm³/mol. The van der Waals surface area contributed by atoms with E-state index in [1.54, 1.807) is 0 Å². The van der Waals surface area contributed by atoms with Gasteiger partial charge in [-0.15, -0.1) is 0 Å². The molecule has 0 saturated heterocycles. The molecule has 0 aromatic heterocycles. The first-order chi connectivity index (χ1) is 8.67. The molecule has 1 saturated carbocycles. The summed E-state index contributed by atoms with van der Waals surface area (Å²) in [5.41, 5.74) is 6.32. The summed E-state index contributed by atoms with van der Waals surface area (Å²) in [6.07, 6.45) is 2.35. The van der Waals surface area contributed by atoms with Crippen molar-refractivity contribution in [3.63, 3.8) is 0 Å². The molecule has 1 fully saturated rings. The molecule has 0 atom stereocenters. The summed E-state index contributed by atoms with van der Waals surface area (Å²) in [6, 6.07) is 5.82. The molecule has 1 heterocycles. The molecule has 1 aromatic rings. The molecule has 1 aliphatic heterocycles. The fraction of sp³-hybridized carbons (Fsp3) is 0.462. The first-order valence-electron chi connectivity index (χ1n) is 6.13. The van der Waals surface area contributed by atoms with Crippen LogP contribution in [0.1, 0.15) is 18.4 Å². The summed E-state index contributed by atoms with van der Waals surface area (Å²) in [6.45, 7) is 0.878. The van der Waals surface area contributed by atoms with E-state index < -0.39 is 5.54 Å². The summed E-state index contributed by atoms with van der Waals surface area (Å²) in [5.74, 6) is 1.52. The number of hydrogen-bond acceptors (Lipinski definition) is 4. The second kappa shape index (κ2) is 4.17. The number of nitrogens with one attached hydrogen (secondary N) is 1. The Kier molecular flexibility index (Phi) is 2.63. The van der Waals surface area contributed by atoms with Crippen LogP contribution in [0.5, 0.6) is 11.5 Å². The minimum absolute atomic E-state index is 0.0387. The molecule has 0 bridgehead atoms. The molecular formula is C13H16N2O3. The number of nitrogens with two attached hydrogens (primary N) is 1. The molecule has 96 valence electrons. The molecule has 5 heteroatoms. The van der Waals surface area contributed by atoms with Crippen LogP contribution in [0.2, 0.25) is 0 Å². The second-order valence-corrected chi connectivity index (χ2v) is 4.85. The number of rotatable bonds is 4. The van der Waals surface area contributed by atoms with Gasteiger partial charge in [0.15, 0.2) is 11.5 Å². The van der Waals surface area contributed by atoms with Crippen LogP contribution < -0.4 is 20.5 Å². The van der Waals surface area contributed by atoms with Crippen molar-refractivity contribution in [1.82, 2.24) is 5.32 Å². The van der Waals surface area contributed by atoms with Crippen molar-refractivity contribution in [2.24, 2.45) is 5.73 Å². The van der Waals surface area contributed by atoms with Crippen molar-refractivity contribution in [2.45, 2.75) is 24.8 Å². The van der Waals surface area contributed by atoms with Gasteiger partial charge in [-0.2, -0.15) is 0 Å². The third-order valence-electron chi connectivity index (χ3n) is 3.38. The van der Waals surface area contributed by atoms with Gasteiger partial charge >= 0.3 is 0 Å². The number of ether oxygens (including phenoxy) is 2. The van der Waals surface area contributed by atoms with E-state index in [9.17, 15) is 4.79 Å². The molecule has 3 rings (SSSR count). The second-order valence-electron chi connectivity index (χ2n) is 4.85. The van der Waals surface area contributed by atoms with Gasteiger partial charge < -0.3 is 20.5 Å². The maximum atomic E-state index is 11.6. The van der Waals surface area contributed by atoms with E-state index in [1.165, 1.54) is 0 Å². The van der Waals surface area contributed by atoms with E-state index in [4.69, 9.17) is 15.2 Å². The monoisotopic (exact) mass is 248 g/mol. The Bertz CT molecular complexity index is 483. The summed E-state index contributed by atoms with van der Waals surface area (Å²) in [4.78, 5) is 11.6. The Morgan fingerprint density at radius 2 is 2.11 bits per heavy atom. The smallest absolute Gasteiger partial charge is 0.240 e. The van der Waals surface area contributed by atoms with Crippen LogP contribution in [-0.2, 0) is 11.2 Å². The quantitative estimate of drug-likeness (QED) is 0.816. The molecule has 1 amide bonds. The Labute approximate surface area is 105 Å². The van der Waals surface area contributed by atoms with Crippen molar-refractivity contribution >= 4 is 5.91 Å². The average molecular weight is 248 g/mol. The summed E-state index contributed by atoms with van der Waals surface area (Å²) < 4.78 is 10.5. The Balaban J connectivity index is 1.52. The lowest BCUT2D eigenvalue weighted by Gasteiger charge is -2.10. The highest BCUT2D eigenvalue weighted by Gasteiger charge is 2.45. The molecular weight excluding hydrogens is 232 g/mol. The zero-order chi connectivity index (χ0) is 12.6. The fourth-order valence-electron chi connectivity index (χ4n) is 1.95. The lowest BCUT2D eigenvalue weighted by molar-refractivity contribution is -0.123. The van der Waals surface area contributed by atoms with Gasteiger partial charge in [0.25, 0.3) is 0 Å². The number of fused-ring (bicyclic) bond motifs is 1. The highest BCUT2D eigenvalue weighted by atomic mass is 16.7. The Morgan fingerprint density at radius 1 is 1.33 bits per heavy atom. The first kappa shape index (κ1) is 11.3. The van der Waals surface area contributed by atoms with Crippen molar-refractivity contribution in [2.75, 3.05) is 13.3 Å². The largest absolute Gasteiger partial charge is 0.454 e. The first-order valence-corrected chi connectivity index (χ1v) is 6.13. The minimum atomic E-state index is -0.588. The summed E-state index contributed by atoms with van der Waals surface area (Å²) in [5, 5.41) is 2.87. The van der Waals surface area contributed by atoms with Gasteiger partial charge in [0.2, 0.25) is 12.7 Å². The molecule has 1 aromatic carbocycles. The SMILES string of the molecule is NC1(C(=O)NCCc2ccc3c(c2)OCO3)CC1. The van der Waals surface area contributed by atoms with Gasteiger partial charge in [0.1, 0.15) is 0 Å². The molecule has 18 heavy (non-hydrogen) atoms. The summed E-state index contributed by atoms with van der Waals surface area (Å²) in [7, 11) is 0. The minimum Gasteiger partial charge on any atom is -0.454 e. The third-order valence-corrected chi connectivity index (χ3v) is 3.38. The zero-order valence-corrected chi connectivity index (χ0v) is 10.1. The van der Waals surface area contributed by atoms with Crippen LogP contribution >= 0.6 is 0 Å². The molecule has 0 spiro atoms. The summed E-state index contributed by atoms with van der Waals surface area (Å²) >= 11 is 0. The van der Waals surface area contributed by atoms with Gasteiger partial charge in [0, 0.05) is 6.54 Å². The van der Waals surface area contributed by atoms with Crippen LogP contribution in [0.3, 0.4) is 0 Å². The normalized spacial score (nSPS) is 18.5. The maximum absolute atomic E-state index is 11.6. The van der Waals surface area contributed by atoms with E-state index in [-0.39, 0.29) is 12.7 Å². The molecule has 3 N–H and O–H groups in total. The highest BCUT2D eigenvalue weighted by Crippen LogP contribution is 2.33. The van der Waals surface area contributed by atoms with Crippen molar-refractivity contribution in [3.8, 4) is 11.5 Å². The number of carbonyl (C=O) groups excluding carboxylic acids is 1. The van der Waals surface area contributed by atoms with Crippen LogP contribution in [0, 0.1) is 0 Å². The lowest BCUT2D eigenvalue weighted by atomic mass is 10.1. The average Bonchev–Trinajstić information content (AvgIpc) is 2.95. The molecule has 2 aliphatic rings. The molecule has 5 nitrogen and oxygen atoms in total. The van der Waals surface area contributed by atoms with Crippen molar-refractivity contribution in [3.05, 3.63) is 23.8 Å². The van der Waals surface area contributed by atoms with Gasteiger partial charge in [-0.25, -0.2) is 0 Å². The van der Waals surface area contributed by atoms with Gasteiger partial charge in [-0.3, -0.25) is 4.79 Å². The molecule has 0 radical (unpaired) electrons. The Hall–Kier alpha value is -1.75. The van der Waals surface area contributed by atoms with E-state index in [0.29, 0.717) is 6.54 Å². The Morgan fingerprint density at radius 3 is 2.89 bits per heavy atom. The standard InChI is InChI=1S/C13H16N2O3/c14-13(4-5-13)12(16)15-6-3-9-1-2-10-11(7-9)18-8-17-10/h1-2,7H,3-6,8,14H2,(H,15,16). The van der Waals surface area contributed by atoms with Crippen LogP contribution in [0.15, 0.2) is 18.2 Å². The van der Waals surface area contributed by atoms with Crippen LogP contribution in [-0.4, -0.2) is 24.8 Å². The lowest BCUT2D eigenvalue weighted by Crippen LogP contribution is -2.43. The predicted octanol–water partition coefficient (Wildman–Crippen LogP) is 0.565. The van der Waals surface area contributed by atoms with Crippen molar-refractivity contribution in [1.29, 1.82) is 0 Å². The number of carbonyl (C=O) groups is 1. The van der Waals surface area contributed by atoms with E-state index in [2.05, 4.69) is 5.32 Å². The number of benzene rings is 1. The van der Waals surface area contributed by atoms with Gasteiger partial charge in [0.05, 0.1) is 5.54 Å². The van der Waals surface area contributed by atoms with Crippen LogP contribution in [0.4, 0.5) is 0 Å². The fourth-order valence-corrected chi connectivity index (χ4v) is 1.95. The third kappa shape index (κ3) is 2.13. The highest BCUT2D eigenvalue weighted by molar-refractivity contribution is 5.88.